The summed E-state index contributed by atoms with van der Waals surface area (Å²) in [7, 11) is 0. The predicted molar refractivity (Wildman–Crippen MR) is 65.4 cm³/mol. The molecule has 2 rings (SSSR count). The van der Waals surface area contributed by atoms with Crippen LogP contribution in [0.15, 0.2) is 24.3 Å². The molecule has 1 fully saturated rings. The molecule has 1 aromatic carbocycles. The standard InChI is InChI=1S/C14H16N2O/c1-2-3-14(17)16-9-13(10-16)12-6-4-11(8-15)5-7-12/h4-7,13H,2-3,9-10H2,1H3. The summed E-state index contributed by atoms with van der Waals surface area (Å²) in [4.78, 5) is 13.5. The number of rotatable bonds is 3. The van der Waals surface area contributed by atoms with E-state index in [-0.39, 0.29) is 5.91 Å². The van der Waals surface area contributed by atoms with E-state index in [0.717, 1.165) is 19.5 Å². The van der Waals surface area contributed by atoms with Crippen molar-refractivity contribution in [3.63, 3.8) is 0 Å². The summed E-state index contributed by atoms with van der Waals surface area (Å²) in [6.45, 7) is 3.67. The van der Waals surface area contributed by atoms with Gasteiger partial charge in [0.15, 0.2) is 0 Å². The van der Waals surface area contributed by atoms with Gasteiger partial charge < -0.3 is 4.90 Å². The highest BCUT2D eigenvalue weighted by Gasteiger charge is 2.30. The quantitative estimate of drug-likeness (QED) is 0.796. The van der Waals surface area contributed by atoms with Gasteiger partial charge in [0.2, 0.25) is 5.91 Å². The Hall–Kier alpha value is -1.82. The maximum atomic E-state index is 11.6. The summed E-state index contributed by atoms with van der Waals surface area (Å²) in [6, 6.07) is 9.77. The molecule has 0 radical (unpaired) electrons. The van der Waals surface area contributed by atoms with Crippen molar-refractivity contribution in [3.05, 3.63) is 35.4 Å². The molecule has 88 valence electrons. The average molecular weight is 228 g/mol. The van der Waals surface area contributed by atoms with E-state index < -0.39 is 0 Å². The summed E-state index contributed by atoms with van der Waals surface area (Å²) >= 11 is 0. The van der Waals surface area contributed by atoms with Crippen molar-refractivity contribution in [3.8, 4) is 6.07 Å². The summed E-state index contributed by atoms with van der Waals surface area (Å²) in [6.07, 6.45) is 1.57. The number of nitriles is 1. The van der Waals surface area contributed by atoms with Gasteiger partial charge in [-0.05, 0) is 24.1 Å². The first-order valence-corrected chi connectivity index (χ1v) is 6.02. The van der Waals surface area contributed by atoms with E-state index in [0.29, 0.717) is 17.9 Å². The molecule has 0 N–H and O–H groups in total. The number of carbonyl (C=O) groups excluding carboxylic acids is 1. The molecule has 17 heavy (non-hydrogen) atoms. The van der Waals surface area contributed by atoms with Crippen LogP contribution in [0.4, 0.5) is 0 Å². The monoisotopic (exact) mass is 228 g/mol. The van der Waals surface area contributed by atoms with Crippen LogP contribution in [0.25, 0.3) is 0 Å². The molecule has 1 aromatic rings. The van der Waals surface area contributed by atoms with Crippen LogP contribution in [0.1, 0.15) is 36.8 Å². The summed E-state index contributed by atoms with van der Waals surface area (Å²) in [5.74, 6) is 0.709. The Morgan fingerprint density at radius 3 is 2.59 bits per heavy atom. The van der Waals surface area contributed by atoms with Gasteiger partial charge >= 0.3 is 0 Å². The van der Waals surface area contributed by atoms with Gasteiger partial charge in [0.25, 0.3) is 0 Å². The molecule has 1 amide bonds. The SMILES string of the molecule is CCCC(=O)N1CC(c2ccc(C#N)cc2)C1. The third-order valence-corrected chi connectivity index (χ3v) is 3.21. The second-order valence-electron chi connectivity index (χ2n) is 4.48. The minimum absolute atomic E-state index is 0.261. The Morgan fingerprint density at radius 2 is 2.06 bits per heavy atom. The predicted octanol–water partition coefficient (Wildman–Crippen LogP) is 2.28. The van der Waals surface area contributed by atoms with Crippen molar-refractivity contribution in [2.75, 3.05) is 13.1 Å². The second-order valence-corrected chi connectivity index (χ2v) is 4.48. The van der Waals surface area contributed by atoms with E-state index in [1.807, 2.05) is 36.1 Å². The number of carbonyl (C=O) groups is 1. The highest BCUT2D eigenvalue weighted by molar-refractivity contribution is 5.77. The molecule has 0 bridgehead atoms. The van der Waals surface area contributed by atoms with Crippen molar-refractivity contribution in [1.82, 2.24) is 4.90 Å². The zero-order chi connectivity index (χ0) is 12.3. The highest BCUT2D eigenvalue weighted by atomic mass is 16.2. The van der Waals surface area contributed by atoms with Gasteiger partial charge in [-0.15, -0.1) is 0 Å². The van der Waals surface area contributed by atoms with Crippen molar-refractivity contribution < 1.29 is 4.79 Å². The molecular weight excluding hydrogens is 212 g/mol. The molecule has 0 aromatic heterocycles. The van der Waals surface area contributed by atoms with Crippen molar-refractivity contribution >= 4 is 5.91 Å². The first kappa shape index (κ1) is 11.7. The first-order chi connectivity index (χ1) is 8.24. The fourth-order valence-electron chi connectivity index (χ4n) is 2.09. The minimum Gasteiger partial charge on any atom is -0.341 e. The summed E-state index contributed by atoms with van der Waals surface area (Å²) in [5.41, 5.74) is 1.91. The molecule has 0 unspecified atom stereocenters. The topological polar surface area (TPSA) is 44.1 Å². The number of hydrogen-bond donors (Lipinski definition) is 0. The Kier molecular flexibility index (Phi) is 3.43. The fourth-order valence-corrected chi connectivity index (χ4v) is 2.09. The number of nitrogens with zero attached hydrogens (tertiary/aromatic N) is 2. The molecule has 1 heterocycles. The molecule has 3 heteroatoms. The normalized spacial score (nSPS) is 15.2. The zero-order valence-electron chi connectivity index (χ0n) is 10.0. The minimum atomic E-state index is 0.261. The van der Waals surface area contributed by atoms with E-state index >= 15 is 0 Å². The second kappa shape index (κ2) is 5.01. The maximum Gasteiger partial charge on any atom is 0.222 e. The molecule has 1 aliphatic rings. The fraction of sp³-hybridized carbons (Fsp3) is 0.429. The zero-order valence-corrected chi connectivity index (χ0v) is 10.0. The lowest BCUT2D eigenvalue weighted by atomic mass is 9.90. The van der Waals surface area contributed by atoms with Crippen LogP contribution < -0.4 is 0 Å². The molecule has 0 atom stereocenters. The molecule has 0 spiro atoms. The van der Waals surface area contributed by atoms with E-state index in [9.17, 15) is 4.79 Å². The van der Waals surface area contributed by atoms with Gasteiger partial charge in [-0.2, -0.15) is 5.26 Å². The first-order valence-electron chi connectivity index (χ1n) is 6.02. The highest BCUT2D eigenvalue weighted by Crippen LogP contribution is 2.27. The molecule has 3 nitrogen and oxygen atoms in total. The van der Waals surface area contributed by atoms with E-state index in [1.165, 1.54) is 5.56 Å². The molecule has 0 saturated carbocycles. The van der Waals surface area contributed by atoms with Gasteiger partial charge in [-0.25, -0.2) is 0 Å². The van der Waals surface area contributed by atoms with Gasteiger partial charge in [-0.3, -0.25) is 4.79 Å². The Balaban J connectivity index is 1.91. The third kappa shape index (κ3) is 2.47. The number of likely N-dealkylation sites (tertiary alicyclic amines) is 1. The van der Waals surface area contributed by atoms with Crippen LogP contribution in [0, 0.1) is 11.3 Å². The Morgan fingerprint density at radius 1 is 1.41 bits per heavy atom. The van der Waals surface area contributed by atoms with Gasteiger partial charge in [0.05, 0.1) is 11.6 Å². The smallest absolute Gasteiger partial charge is 0.222 e. The summed E-state index contributed by atoms with van der Waals surface area (Å²) in [5, 5.41) is 8.71. The molecule has 1 saturated heterocycles. The van der Waals surface area contributed by atoms with Crippen LogP contribution in [0.2, 0.25) is 0 Å². The Labute approximate surface area is 102 Å². The lowest BCUT2D eigenvalue weighted by molar-refractivity contribution is -0.135. The van der Waals surface area contributed by atoms with Crippen molar-refractivity contribution in [2.45, 2.75) is 25.7 Å². The summed E-state index contributed by atoms with van der Waals surface area (Å²) < 4.78 is 0. The maximum absolute atomic E-state index is 11.6. The number of amides is 1. The van der Waals surface area contributed by atoms with Gasteiger partial charge in [0.1, 0.15) is 0 Å². The van der Waals surface area contributed by atoms with Crippen molar-refractivity contribution in [2.24, 2.45) is 0 Å². The van der Waals surface area contributed by atoms with E-state index in [1.54, 1.807) is 0 Å². The van der Waals surface area contributed by atoms with Crippen LogP contribution >= 0.6 is 0 Å². The van der Waals surface area contributed by atoms with Crippen LogP contribution in [0.5, 0.6) is 0 Å². The van der Waals surface area contributed by atoms with E-state index in [4.69, 9.17) is 5.26 Å². The third-order valence-electron chi connectivity index (χ3n) is 3.21. The van der Waals surface area contributed by atoms with Crippen LogP contribution in [-0.4, -0.2) is 23.9 Å². The molecular formula is C14H16N2O. The van der Waals surface area contributed by atoms with Crippen LogP contribution in [-0.2, 0) is 4.79 Å². The van der Waals surface area contributed by atoms with Crippen molar-refractivity contribution in [1.29, 1.82) is 5.26 Å². The number of benzene rings is 1. The largest absolute Gasteiger partial charge is 0.341 e. The lowest BCUT2D eigenvalue weighted by Gasteiger charge is -2.39. The number of hydrogen-bond acceptors (Lipinski definition) is 2. The lowest BCUT2D eigenvalue weighted by Crippen LogP contribution is -2.48. The van der Waals surface area contributed by atoms with Crippen LogP contribution in [0.3, 0.4) is 0 Å². The molecule has 0 aliphatic carbocycles. The Bertz CT molecular complexity index is 438. The van der Waals surface area contributed by atoms with Gasteiger partial charge in [0, 0.05) is 25.4 Å². The molecule has 1 aliphatic heterocycles. The average Bonchev–Trinajstić information content (AvgIpc) is 2.28. The van der Waals surface area contributed by atoms with E-state index in [2.05, 4.69) is 6.07 Å². The van der Waals surface area contributed by atoms with Gasteiger partial charge in [-0.1, -0.05) is 19.1 Å².